The Labute approximate surface area is 99.2 Å². The summed E-state index contributed by atoms with van der Waals surface area (Å²) in [6, 6.07) is 0. The monoisotopic (exact) mass is 246 g/mol. The van der Waals surface area contributed by atoms with E-state index >= 15 is 0 Å². The van der Waals surface area contributed by atoms with Gasteiger partial charge in [0.2, 0.25) is 0 Å². The van der Waals surface area contributed by atoms with E-state index in [4.69, 9.17) is 20.4 Å². The maximum Gasteiger partial charge on any atom is 0.332 e. The summed E-state index contributed by atoms with van der Waals surface area (Å²) >= 11 is 0. The Morgan fingerprint density at radius 1 is 0.882 bits per heavy atom. The van der Waals surface area contributed by atoms with Gasteiger partial charge < -0.3 is 20.4 Å². The highest BCUT2D eigenvalue weighted by molar-refractivity contribution is 5.92. The number of carbonyl (C=O) groups is 2. The molecule has 4 N–H and O–H groups in total. The van der Waals surface area contributed by atoms with Crippen molar-refractivity contribution in [1.82, 2.24) is 0 Å². The summed E-state index contributed by atoms with van der Waals surface area (Å²) < 4.78 is 0. The average Bonchev–Trinajstić information content (AvgIpc) is 2.26. The van der Waals surface area contributed by atoms with Crippen molar-refractivity contribution in [2.45, 2.75) is 32.1 Å². The number of hydrogen-bond acceptors (Lipinski definition) is 4. The maximum atomic E-state index is 11.0. The summed E-state index contributed by atoms with van der Waals surface area (Å²) in [4.78, 5) is 21.5. The van der Waals surface area contributed by atoms with Gasteiger partial charge in [0.15, 0.2) is 0 Å². The number of carboxylic acid groups (broad SMARTS) is 2. The van der Waals surface area contributed by atoms with E-state index in [2.05, 4.69) is 0 Å². The SMILES string of the molecule is O=C(O)CC(C(=O)O)=C(CCCO)CCCO. The molecule has 6 nitrogen and oxygen atoms in total. The lowest BCUT2D eigenvalue weighted by Gasteiger charge is -2.10. The number of rotatable bonds is 9. The minimum Gasteiger partial charge on any atom is -0.481 e. The molecular formula is C11H18O6. The Morgan fingerprint density at radius 3 is 1.65 bits per heavy atom. The summed E-state index contributed by atoms with van der Waals surface area (Å²) in [6.07, 6.45) is 0.909. The molecular weight excluding hydrogens is 228 g/mol. The van der Waals surface area contributed by atoms with Crippen molar-refractivity contribution in [3.63, 3.8) is 0 Å². The molecule has 0 unspecified atom stereocenters. The first-order chi connectivity index (χ1) is 8.02. The van der Waals surface area contributed by atoms with Crippen LogP contribution < -0.4 is 0 Å². The van der Waals surface area contributed by atoms with E-state index in [1.165, 1.54) is 0 Å². The zero-order valence-corrected chi connectivity index (χ0v) is 9.56. The molecule has 0 amide bonds. The fourth-order valence-electron chi connectivity index (χ4n) is 1.51. The van der Waals surface area contributed by atoms with Crippen molar-refractivity contribution in [3.8, 4) is 0 Å². The van der Waals surface area contributed by atoms with E-state index in [0.29, 0.717) is 31.3 Å². The molecule has 0 fully saturated rings. The molecule has 0 radical (unpaired) electrons. The van der Waals surface area contributed by atoms with Crippen LogP contribution in [0.25, 0.3) is 0 Å². The van der Waals surface area contributed by atoms with Gasteiger partial charge in [0, 0.05) is 18.8 Å². The van der Waals surface area contributed by atoms with Gasteiger partial charge in [0.1, 0.15) is 0 Å². The van der Waals surface area contributed by atoms with Gasteiger partial charge in [-0.25, -0.2) is 4.79 Å². The van der Waals surface area contributed by atoms with E-state index in [1.807, 2.05) is 0 Å². The van der Waals surface area contributed by atoms with Crippen LogP contribution in [0.3, 0.4) is 0 Å². The lowest BCUT2D eigenvalue weighted by atomic mass is 9.96. The van der Waals surface area contributed by atoms with Gasteiger partial charge in [-0.2, -0.15) is 0 Å². The highest BCUT2D eigenvalue weighted by Crippen LogP contribution is 2.20. The van der Waals surface area contributed by atoms with E-state index < -0.39 is 18.4 Å². The predicted octanol–water partition coefficient (Wildman–Crippen LogP) is 0.387. The third kappa shape index (κ3) is 6.70. The summed E-state index contributed by atoms with van der Waals surface area (Å²) in [6.45, 7) is -0.162. The number of carboxylic acids is 2. The smallest absolute Gasteiger partial charge is 0.332 e. The minimum absolute atomic E-state index is 0.0808. The number of aliphatic carboxylic acids is 2. The number of aliphatic hydroxyl groups excluding tert-OH is 2. The Morgan fingerprint density at radius 2 is 1.35 bits per heavy atom. The van der Waals surface area contributed by atoms with E-state index in [9.17, 15) is 9.59 Å². The van der Waals surface area contributed by atoms with Crippen molar-refractivity contribution in [1.29, 1.82) is 0 Å². The molecule has 0 aliphatic carbocycles. The second kappa shape index (κ2) is 8.72. The molecule has 0 aromatic heterocycles. The van der Waals surface area contributed by atoms with E-state index in [1.54, 1.807) is 0 Å². The largest absolute Gasteiger partial charge is 0.481 e. The summed E-state index contributed by atoms with van der Waals surface area (Å²) in [5.41, 5.74) is 0.349. The molecule has 6 heteroatoms. The van der Waals surface area contributed by atoms with Crippen LogP contribution in [0.1, 0.15) is 32.1 Å². The van der Waals surface area contributed by atoms with Crippen LogP contribution in [0.4, 0.5) is 0 Å². The molecule has 17 heavy (non-hydrogen) atoms. The van der Waals surface area contributed by atoms with Gasteiger partial charge in [-0.1, -0.05) is 5.57 Å². The molecule has 0 aromatic carbocycles. The Bertz CT molecular complexity index is 284. The molecule has 0 heterocycles. The van der Waals surface area contributed by atoms with Crippen LogP contribution in [0.15, 0.2) is 11.1 Å². The molecule has 0 aliphatic heterocycles. The number of aliphatic hydroxyl groups is 2. The molecule has 0 aromatic rings. The molecule has 0 spiro atoms. The summed E-state index contributed by atoms with van der Waals surface area (Å²) in [7, 11) is 0. The summed E-state index contributed by atoms with van der Waals surface area (Å²) in [5.74, 6) is -2.45. The zero-order chi connectivity index (χ0) is 13.3. The topological polar surface area (TPSA) is 115 Å². The number of hydrogen-bond donors (Lipinski definition) is 4. The van der Waals surface area contributed by atoms with Gasteiger partial charge in [-0.15, -0.1) is 0 Å². The predicted molar refractivity (Wildman–Crippen MR) is 59.6 cm³/mol. The standard InChI is InChI=1S/C11H18O6/c12-5-1-3-8(4-2-6-13)9(11(16)17)7-10(14)15/h12-13H,1-7H2,(H,14,15)(H,16,17). The van der Waals surface area contributed by atoms with Crippen molar-refractivity contribution in [3.05, 3.63) is 11.1 Å². The molecule has 0 bridgehead atoms. The fraction of sp³-hybridized carbons (Fsp3) is 0.636. The second-order valence-electron chi connectivity index (χ2n) is 3.61. The normalized spacial score (nSPS) is 10.0. The van der Waals surface area contributed by atoms with E-state index in [-0.39, 0.29) is 18.8 Å². The highest BCUT2D eigenvalue weighted by Gasteiger charge is 2.17. The summed E-state index contributed by atoms with van der Waals surface area (Å²) in [5, 5.41) is 35.0. The first-order valence-electron chi connectivity index (χ1n) is 5.40. The molecule has 0 saturated heterocycles. The molecule has 0 aliphatic rings. The van der Waals surface area contributed by atoms with Crippen LogP contribution in [0.2, 0.25) is 0 Å². The maximum absolute atomic E-state index is 11.0. The average molecular weight is 246 g/mol. The first kappa shape index (κ1) is 15.6. The molecule has 0 saturated carbocycles. The van der Waals surface area contributed by atoms with Crippen LogP contribution in [0, 0.1) is 0 Å². The highest BCUT2D eigenvalue weighted by atomic mass is 16.4. The van der Waals surface area contributed by atoms with E-state index in [0.717, 1.165) is 0 Å². The number of allylic oxidation sites excluding steroid dienone is 1. The van der Waals surface area contributed by atoms with Gasteiger partial charge >= 0.3 is 11.9 Å². The zero-order valence-electron chi connectivity index (χ0n) is 9.56. The second-order valence-corrected chi connectivity index (χ2v) is 3.61. The lowest BCUT2D eigenvalue weighted by molar-refractivity contribution is -0.139. The molecule has 0 atom stereocenters. The van der Waals surface area contributed by atoms with Crippen LogP contribution in [0.5, 0.6) is 0 Å². The lowest BCUT2D eigenvalue weighted by Crippen LogP contribution is -2.11. The van der Waals surface area contributed by atoms with Gasteiger partial charge in [-0.3, -0.25) is 4.79 Å². The van der Waals surface area contributed by atoms with Gasteiger partial charge in [0.25, 0.3) is 0 Å². The van der Waals surface area contributed by atoms with Gasteiger partial charge in [-0.05, 0) is 25.7 Å². The van der Waals surface area contributed by atoms with Crippen molar-refractivity contribution >= 4 is 11.9 Å². The molecule has 98 valence electrons. The van der Waals surface area contributed by atoms with Crippen molar-refractivity contribution in [2.75, 3.05) is 13.2 Å². The van der Waals surface area contributed by atoms with Crippen LogP contribution in [-0.4, -0.2) is 45.6 Å². The quantitative estimate of drug-likeness (QED) is 0.437. The first-order valence-corrected chi connectivity index (χ1v) is 5.40. The Balaban J connectivity index is 4.92. The van der Waals surface area contributed by atoms with Crippen LogP contribution >= 0.6 is 0 Å². The minimum atomic E-state index is -1.25. The Kier molecular flexibility index (Phi) is 8.00. The Hall–Kier alpha value is -1.40. The third-order valence-corrected chi connectivity index (χ3v) is 2.29. The van der Waals surface area contributed by atoms with Gasteiger partial charge in [0.05, 0.1) is 6.42 Å². The van der Waals surface area contributed by atoms with Crippen molar-refractivity contribution in [2.24, 2.45) is 0 Å². The van der Waals surface area contributed by atoms with Crippen LogP contribution in [-0.2, 0) is 9.59 Å². The van der Waals surface area contributed by atoms with Crippen molar-refractivity contribution < 1.29 is 30.0 Å². The third-order valence-electron chi connectivity index (χ3n) is 2.29. The molecule has 0 rings (SSSR count). The fourth-order valence-corrected chi connectivity index (χ4v) is 1.51.